The van der Waals surface area contributed by atoms with Crippen molar-refractivity contribution in [3.05, 3.63) is 134 Å². The average Bonchev–Trinajstić information content (AvgIpc) is 3.78. The van der Waals surface area contributed by atoms with Crippen molar-refractivity contribution in [2.75, 3.05) is 0 Å². The second-order valence-electron chi connectivity index (χ2n) is 11.3. The van der Waals surface area contributed by atoms with Crippen LogP contribution in [0.4, 0.5) is 0 Å². The normalized spacial score (nSPS) is 12.0. The molecule has 5 heterocycles. The van der Waals surface area contributed by atoms with Crippen molar-refractivity contribution in [1.82, 2.24) is 19.4 Å². The Morgan fingerprint density at radius 2 is 1.27 bits per heavy atom. The molecule has 0 saturated heterocycles. The summed E-state index contributed by atoms with van der Waals surface area (Å²) < 4.78 is 15.0. The van der Waals surface area contributed by atoms with Crippen molar-refractivity contribution in [3.63, 3.8) is 0 Å². The Hall–Kier alpha value is -6.27. The third-order valence-electron chi connectivity index (χ3n) is 8.71. The summed E-state index contributed by atoms with van der Waals surface area (Å²) in [6, 6.07) is 41.3. The lowest BCUT2D eigenvalue weighted by atomic mass is 9.98. The van der Waals surface area contributed by atoms with E-state index in [2.05, 4.69) is 88.2 Å². The molecule has 5 aromatic heterocycles. The van der Waals surface area contributed by atoms with Crippen LogP contribution in [0.1, 0.15) is 0 Å². The highest BCUT2D eigenvalue weighted by Gasteiger charge is 2.21. The van der Waals surface area contributed by atoms with Gasteiger partial charge in [0.2, 0.25) is 0 Å². The summed E-state index contributed by atoms with van der Waals surface area (Å²) in [4.78, 5) is 14.5. The Balaban J connectivity index is 1.23. The van der Waals surface area contributed by atoms with Gasteiger partial charge in [0.25, 0.3) is 0 Å². The van der Waals surface area contributed by atoms with Crippen LogP contribution in [0.15, 0.2) is 143 Å². The minimum Gasteiger partial charge on any atom is -0.455 e. The third-order valence-corrected chi connectivity index (χ3v) is 8.71. The topological polar surface area (TPSA) is 69.4 Å². The van der Waals surface area contributed by atoms with E-state index in [0.717, 1.165) is 88.5 Å². The maximum absolute atomic E-state index is 6.71. The van der Waals surface area contributed by atoms with E-state index in [0.29, 0.717) is 5.84 Å². The molecular weight excluding hydrogens is 556 g/mol. The highest BCUT2D eigenvalue weighted by atomic mass is 16.4. The second-order valence-corrected chi connectivity index (χ2v) is 11.3. The highest BCUT2D eigenvalue weighted by Crippen LogP contribution is 2.41. The van der Waals surface area contributed by atoms with Gasteiger partial charge in [0.05, 0.1) is 16.7 Å². The number of pyridine rings is 2. The third kappa shape index (κ3) is 3.48. The van der Waals surface area contributed by atoms with Gasteiger partial charge in [-0.3, -0.25) is 9.38 Å². The molecule has 0 radical (unpaired) electrons. The number of hydrogen-bond acceptors (Lipinski definition) is 5. The Morgan fingerprint density at radius 1 is 0.556 bits per heavy atom. The van der Waals surface area contributed by atoms with Gasteiger partial charge in [-0.15, -0.1) is 0 Å². The Kier molecular flexibility index (Phi) is 4.90. The zero-order valence-electron chi connectivity index (χ0n) is 23.8. The smallest absolute Gasteiger partial charge is 0.307 e. The lowest BCUT2D eigenvalue weighted by Crippen LogP contribution is -1.92. The molecule has 10 rings (SSSR count). The average molecular weight is 579 g/mol. The number of para-hydroxylation sites is 5. The molecule has 0 amide bonds. The summed E-state index contributed by atoms with van der Waals surface area (Å²) in [6.45, 7) is 0. The Labute approximate surface area is 255 Å². The number of oxazole rings is 1. The van der Waals surface area contributed by atoms with Crippen LogP contribution in [0, 0.1) is 0 Å². The van der Waals surface area contributed by atoms with Crippen LogP contribution in [0.25, 0.3) is 94.3 Å². The van der Waals surface area contributed by atoms with Crippen molar-refractivity contribution in [3.8, 4) is 33.5 Å². The maximum Gasteiger partial charge on any atom is 0.307 e. The van der Waals surface area contributed by atoms with E-state index < -0.39 is 0 Å². The van der Waals surface area contributed by atoms with Crippen LogP contribution in [0.3, 0.4) is 0 Å². The number of fused-ring (bicyclic) bond motifs is 10. The molecule has 210 valence electrons. The standard InChI is InChI=1S/C39H22N4O2/c1-2-17-31-30(12-1)35-36(43-32-18-3-4-19-33(32)44-39(43)42-35)34(41-31)24-10-5-9-23(21-24)26-13-6-15-28-29-16-7-14-27(38(29)45-37(26)28)25-11-8-20-40-22-25/h1-22H. The fourth-order valence-corrected chi connectivity index (χ4v) is 6.70. The Bertz CT molecular complexity index is 2770. The van der Waals surface area contributed by atoms with Crippen LogP contribution < -0.4 is 0 Å². The molecule has 0 bridgehead atoms. The quantitative estimate of drug-likeness (QED) is 0.209. The van der Waals surface area contributed by atoms with E-state index in [1.807, 2.05) is 48.7 Å². The maximum atomic E-state index is 6.71. The number of rotatable bonds is 3. The summed E-state index contributed by atoms with van der Waals surface area (Å²) in [7, 11) is 0. The number of furan rings is 1. The molecule has 45 heavy (non-hydrogen) atoms. The van der Waals surface area contributed by atoms with Gasteiger partial charge < -0.3 is 8.83 Å². The largest absolute Gasteiger partial charge is 0.455 e. The minimum absolute atomic E-state index is 0.554. The summed E-state index contributed by atoms with van der Waals surface area (Å²) in [6.07, 6.45) is 3.66. The molecule has 5 aromatic carbocycles. The van der Waals surface area contributed by atoms with Gasteiger partial charge in [0.15, 0.2) is 5.58 Å². The van der Waals surface area contributed by atoms with Crippen LogP contribution in [0.5, 0.6) is 0 Å². The summed E-state index contributed by atoms with van der Waals surface area (Å²) in [5.41, 5.74) is 12.1. The van der Waals surface area contributed by atoms with Gasteiger partial charge in [-0.05, 0) is 35.9 Å². The van der Waals surface area contributed by atoms with E-state index in [4.69, 9.17) is 18.8 Å². The first-order valence-corrected chi connectivity index (χ1v) is 14.9. The number of hydrogen-bond donors (Lipinski definition) is 0. The zero-order valence-corrected chi connectivity index (χ0v) is 23.8. The fourth-order valence-electron chi connectivity index (χ4n) is 6.70. The van der Waals surface area contributed by atoms with Crippen LogP contribution in [-0.2, 0) is 0 Å². The first-order chi connectivity index (χ1) is 22.3. The molecule has 10 aromatic rings. The molecule has 0 saturated carbocycles. The molecule has 0 N–H and O–H groups in total. The number of aromatic nitrogens is 4. The van der Waals surface area contributed by atoms with E-state index in [-0.39, 0.29) is 0 Å². The first-order valence-electron chi connectivity index (χ1n) is 14.9. The van der Waals surface area contributed by atoms with Crippen LogP contribution >= 0.6 is 0 Å². The predicted octanol–water partition coefficient (Wildman–Crippen LogP) is 10.1. The van der Waals surface area contributed by atoms with Crippen molar-refractivity contribution in [2.24, 2.45) is 0 Å². The summed E-state index contributed by atoms with van der Waals surface area (Å²) >= 11 is 0. The van der Waals surface area contributed by atoms with Crippen molar-refractivity contribution in [2.45, 2.75) is 0 Å². The molecule has 0 unspecified atom stereocenters. The summed E-state index contributed by atoms with van der Waals surface area (Å²) in [5, 5.41) is 3.15. The van der Waals surface area contributed by atoms with Gasteiger partial charge in [-0.25, -0.2) is 4.98 Å². The molecule has 0 aliphatic carbocycles. The SMILES string of the molecule is c1cncc(-c2cccc3c2oc2c(-c4cccc(-c5nc6ccccc6c6nc7oc8ccccc8n7c56)c4)cccc23)c1. The van der Waals surface area contributed by atoms with Gasteiger partial charge in [0.1, 0.15) is 22.2 Å². The number of benzene rings is 5. The second kappa shape index (κ2) is 9.11. The van der Waals surface area contributed by atoms with Crippen molar-refractivity contribution < 1.29 is 8.83 Å². The van der Waals surface area contributed by atoms with Gasteiger partial charge in [-0.1, -0.05) is 91.0 Å². The Morgan fingerprint density at radius 3 is 2.11 bits per heavy atom. The monoisotopic (exact) mass is 578 g/mol. The molecule has 0 fully saturated rings. The van der Waals surface area contributed by atoms with Crippen LogP contribution in [0.2, 0.25) is 0 Å². The first kappa shape index (κ1) is 24.2. The molecule has 0 spiro atoms. The predicted molar refractivity (Wildman–Crippen MR) is 179 cm³/mol. The molecule has 0 aliphatic heterocycles. The lowest BCUT2D eigenvalue weighted by Gasteiger charge is -2.09. The lowest BCUT2D eigenvalue weighted by molar-refractivity contribution is 0.643. The molecular formula is C39H22N4O2. The van der Waals surface area contributed by atoms with Crippen LogP contribution in [-0.4, -0.2) is 19.4 Å². The molecule has 6 heteroatoms. The molecule has 0 atom stereocenters. The molecule has 0 aliphatic rings. The summed E-state index contributed by atoms with van der Waals surface area (Å²) in [5.74, 6) is 0.554. The number of imidazole rings is 1. The van der Waals surface area contributed by atoms with E-state index in [1.54, 1.807) is 6.20 Å². The van der Waals surface area contributed by atoms with E-state index >= 15 is 0 Å². The van der Waals surface area contributed by atoms with Gasteiger partial charge in [-0.2, -0.15) is 4.98 Å². The van der Waals surface area contributed by atoms with E-state index in [1.165, 1.54) is 0 Å². The van der Waals surface area contributed by atoms with Gasteiger partial charge >= 0.3 is 5.84 Å². The van der Waals surface area contributed by atoms with Gasteiger partial charge in [0, 0.05) is 50.8 Å². The number of nitrogens with zero attached hydrogens (tertiary/aromatic N) is 4. The highest BCUT2D eigenvalue weighted by molar-refractivity contribution is 6.14. The van der Waals surface area contributed by atoms with E-state index in [9.17, 15) is 0 Å². The van der Waals surface area contributed by atoms with Crippen molar-refractivity contribution >= 4 is 60.8 Å². The molecule has 6 nitrogen and oxygen atoms in total. The minimum atomic E-state index is 0.554. The zero-order chi connectivity index (χ0) is 29.5. The van der Waals surface area contributed by atoms with Crippen molar-refractivity contribution in [1.29, 1.82) is 0 Å². The fraction of sp³-hybridized carbons (Fsp3) is 0.